The molecular weight excluding hydrogens is 412 g/mol. The average molecular weight is 459 g/mol. The maximum atomic E-state index is 10.4. The summed E-state index contributed by atoms with van der Waals surface area (Å²) in [5.74, 6) is 1.28. The van der Waals surface area contributed by atoms with E-state index < -0.39 is 0 Å². The Hall–Kier alpha value is -2.11. The zero-order chi connectivity index (χ0) is 23.6. The number of phenolic OH excluding ortho intramolecular Hbond substituents is 1. The quantitative estimate of drug-likeness (QED) is 0.206. The van der Waals surface area contributed by atoms with Gasteiger partial charge in [0.05, 0.1) is 18.7 Å². The number of aryl methyl sites for hydroxylation is 1. The van der Waals surface area contributed by atoms with Crippen LogP contribution in [-0.4, -0.2) is 31.9 Å². The van der Waals surface area contributed by atoms with Gasteiger partial charge in [0.15, 0.2) is 0 Å². The Bertz CT molecular complexity index is 747. The van der Waals surface area contributed by atoms with Crippen LogP contribution in [0.15, 0.2) is 18.2 Å². The van der Waals surface area contributed by atoms with E-state index in [1.54, 1.807) is 10.9 Å². The highest BCUT2D eigenvalue weighted by atomic mass is 16.5. The van der Waals surface area contributed by atoms with Crippen LogP contribution in [0.4, 0.5) is 0 Å². The number of hydrogen-bond donors (Lipinski definition) is 1. The molecule has 1 aromatic heterocycles. The second-order valence-electron chi connectivity index (χ2n) is 9.19. The van der Waals surface area contributed by atoms with Gasteiger partial charge in [0.1, 0.15) is 11.5 Å². The van der Waals surface area contributed by atoms with Crippen LogP contribution in [0.1, 0.15) is 117 Å². The van der Waals surface area contributed by atoms with Gasteiger partial charge in [0.25, 0.3) is 0 Å². The molecule has 0 aliphatic rings. The average Bonchev–Trinajstić information content (AvgIpc) is 3.28. The van der Waals surface area contributed by atoms with Crippen molar-refractivity contribution in [2.75, 3.05) is 6.61 Å². The van der Waals surface area contributed by atoms with Gasteiger partial charge in [0, 0.05) is 6.07 Å². The van der Waals surface area contributed by atoms with Crippen molar-refractivity contribution in [1.29, 1.82) is 0 Å². The minimum Gasteiger partial charge on any atom is -0.507 e. The lowest BCUT2D eigenvalue weighted by atomic mass is 10.1. The van der Waals surface area contributed by atoms with E-state index >= 15 is 0 Å². The van der Waals surface area contributed by atoms with E-state index in [-0.39, 0.29) is 5.75 Å². The summed E-state index contributed by atoms with van der Waals surface area (Å²) in [6, 6.07) is 5.34. The van der Waals surface area contributed by atoms with E-state index in [0.717, 1.165) is 19.4 Å². The summed E-state index contributed by atoms with van der Waals surface area (Å²) >= 11 is 0. The number of benzene rings is 1. The second kappa shape index (κ2) is 17.4. The molecule has 186 valence electrons. The van der Waals surface area contributed by atoms with E-state index in [2.05, 4.69) is 29.3 Å². The van der Waals surface area contributed by atoms with E-state index in [1.165, 1.54) is 89.9 Å². The number of unbranched alkanes of at least 4 members (excludes halogenated alkanes) is 14. The molecule has 1 aromatic carbocycles. The minimum atomic E-state index is 0.134. The van der Waals surface area contributed by atoms with Crippen molar-refractivity contribution in [2.45, 2.75) is 123 Å². The Balaban J connectivity index is 1.64. The van der Waals surface area contributed by atoms with Gasteiger partial charge in [-0.2, -0.15) is 4.80 Å². The fraction of sp³-hybridized carbons (Fsp3) is 0.741. The summed E-state index contributed by atoms with van der Waals surface area (Å²) in [4.78, 5) is 1.64. The van der Waals surface area contributed by atoms with Gasteiger partial charge in [0.2, 0.25) is 5.82 Å². The molecule has 2 rings (SSSR count). The van der Waals surface area contributed by atoms with Crippen molar-refractivity contribution in [1.82, 2.24) is 20.2 Å². The number of ether oxygens (including phenoxy) is 1. The lowest BCUT2D eigenvalue weighted by Gasteiger charge is -2.08. The van der Waals surface area contributed by atoms with Crippen molar-refractivity contribution < 1.29 is 9.84 Å². The molecule has 6 nitrogen and oxygen atoms in total. The fourth-order valence-electron chi connectivity index (χ4n) is 4.05. The smallest absolute Gasteiger partial charge is 0.208 e. The molecule has 1 heterocycles. The number of aromatic nitrogens is 4. The van der Waals surface area contributed by atoms with Gasteiger partial charge in [-0.25, -0.2) is 0 Å². The highest BCUT2D eigenvalue weighted by molar-refractivity contribution is 5.64. The van der Waals surface area contributed by atoms with Crippen LogP contribution in [0.2, 0.25) is 0 Å². The molecule has 0 atom stereocenters. The first kappa shape index (κ1) is 27.1. The van der Waals surface area contributed by atoms with Crippen molar-refractivity contribution in [3.8, 4) is 22.9 Å². The first-order valence-corrected chi connectivity index (χ1v) is 13.5. The number of rotatable bonds is 20. The molecule has 0 aliphatic carbocycles. The van der Waals surface area contributed by atoms with E-state index in [9.17, 15) is 5.11 Å². The third kappa shape index (κ3) is 11.5. The van der Waals surface area contributed by atoms with E-state index in [0.29, 0.717) is 23.7 Å². The number of aromatic hydroxyl groups is 1. The van der Waals surface area contributed by atoms with Crippen LogP contribution in [0, 0.1) is 0 Å². The Morgan fingerprint density at radius 1 is 0.758 bits per heavy atom. The number of nitrogens with zero attached hydrogens (tertiary/aromatic N) is 4. The number of tetrazole rings is 1. The molecule has 0 bridgehead atoms. The van der Waals surface area contributed by atoms with Crippen molar-refractivity contribution in [2.24, 2.45) is 0 Å². The maximum absolute atomic E-state index is 10.4. The topological polar surface area (TPSA) is 73.1 Å². The first-order chi connectivity index (χ1) is 16.2. The van der Waals surface area contributed by atoms with Crippen LogP contribution in [0.5, 0.6) is 11.5 Å². The predicted molar refractivity (Wildman–Crippen MR) is 136 cm³/mol. The van der Waals surface area contributed by atoms with Crippen molar-refractivity contribution >= 4 is 0 Å². The summed E-state index contributed by atoms with van der Waals surface area (Å²) in [5.41, 5.74) is 0.594. The Kier molecular flexibility index (Phi) is 14.3. The van der Waals surface area contributed by atoms with Crippen LogP contribution >= 0.6 is 0 Å². The van der Waals surface area contributed by atoms with Gasteiger partial charge in [-0.3, -0.25) is 0 Å². The highest BCUT2D eigenvalue weighted by Crippen LogP contribution is 2.30. The van der Waals surface area contributed by atoms with Crippen LogP contribution in [0.25, 0.3) is 11.4 Å². The molecular formula is C27H46N4O2. The molecule has 0 amide bonds. The standard InChI is InChI=1S/C27H46N4O2/c1-3-5-7-9-11-13-15-17-21-31-29-27(28-30-31)25-20-19-24(23-26(25)32)33-22-18-16-14-12-10-8-6-4-2/h19-20,23,32H,3-18,21-22H2,1-2H3. The van der Waals surface area contributed by atoms with E-state index in [1.807, 2.05) is 12.1 Å². The zero-order valence-electron chi connectivity index (χ0n) is 21.1. The van der Waals surface area contributed by atoms with E-state index in [4.69, 9.17) is 4.74 Å². The van der Waals surface area contributed by atoms with Gasteiger partial charge >= 0.3 is 0 Å². The molecule has 0 unspecified atom stereocenters. The zero-order valence-corrected chi connectivity index (χ0v) is 21.1. The van der Waals surface area contributed by atoms with Crippen LogP contribution in [-0.2, 0) is 6.54 Å². The van der Waals surface area contributed by atoms with Crippen LogP contribution in [0.3, 0.4) is 0 Å². The molecule has 1 N–H and O–H groups in total. The molecule has 0 fully saturated rings. The maximum Gasteiger partial charge on any atom is 0.208 e. The molecule has 33 heavy (non-hydrogen) atoms. The molecule has 0 spiro atoms. The summed E-state index contributed by atoms with van der Waals surface area (Å²) in [5, 5.41) is 23.2. The fourth-order valence-corrected chi connectivity index (χ4v) is 4.05. The van der Waals surface area contributed by atoms with Crippen molar-refractivity contribution in [3.63, 3.8) is 0 Å². The van der Waals surface area contributed by atoms with Crippen LogP contribution < -0.4 is 4.74 Å². The summed E-state index contributed by atoms with van der Waals surface area (Å²) in [6.45, 7) is 5.95. The largest absolute Gasteiger partial charge is 0.507 e. The molecule has 0 saturated heterocycles. The van der Waals surface area contributed by atoms with Gasteiger partial charge in [-0.15, -0.1) is 10.2 Å². The number of hydrogen-bond acceptors (Lipinski definition) is 5. The highest BCUT2D eigenvalue weighted by Gasteiger charge is 2.12. The second-order valence-corrected chi connectivity index (χ2v) is 9.19. The first-order valence-electron chi connectivity index (χ1n) is 13.5. The lowest BCUT2D eigenvalue weighted by molar-refractivity contribution is 0.302. The third-order valence-electron chi connectivity index (χ3n) is 6.14. The van der Waals surface area contributed by atoms with Crippen molar-refractivity contribution in [3.05, 3.63) is 18.2 Å². The van der Waals surface area contributed by atoms with Gasteiger partial charge < -0.3 is 9.84 Å². The SMILES string of the molecule is CCCCCCCCCCOc1ccc(-c2nnn(CCCCCCCCCC)n2)c(O)c1. The Morgan fingerprint density at radius 3 is 1.94 bits per heavy atom. The predicted octanol–water partition coefficient (Wildman–Crippen LogP) is 7.71. The molecule has 6 heteroatoms. The molecule has 0 radical (unpaired) electrons. The lowest BCUT2D eigenvalue weighted by Crippen LogP contribution is -2.02. The summed E-state index contributed by atoms with van der Waals surface area (Å²) < 4.78 is 5.81. The summed E-state index contributed by atoms with van der Waals surface area (Å²) in [7, 11) is 0. The monoisotopic (exact) mass is 458 g/mol. The Morgan fingerprint density at radius 2 is 1.33 bits per heavy atom. The summed E-state index contributed by atoms with van der Waals surface area (Å²) in [6.07, 6.45) is 20.4. The molecule has 0 saturated carbocycles. The Labute approximate surface area is 201 Å². The molecule has 2 aromatic rings. The van der Waals surface area contributed by atoms with Gasteiger partial charge in [-0.05, 0) is 30.2 Å². The normalized spacial score (nSPS) is 11.2. The molecule has 0 aliphatic heterocycles. The number of phenols is 1. The third-order valence-corrected chi connectivity index (χ3v) is 6.14. The minimum absolute atomic E-state index is 0.134. The van der Waals surface area contributed by atoms with Gasteiger partial charge in [-0.1, -0.05) is 104 Å².